The van der Waals surface area contributed by atoms with Gasteiger partial charge in [0, 0.05) is 11.8 Å². The smallest absolute Gasteiger partial charge is 0.137 e. The summed E-state index contributed by atoms with van der Waals surface area (Å²) in [5, 5.41) is 10.2. The SMILES string of the molecule is Cc1ccc(-c2nc3ccc(C)cn3c2C(C)O)c(C)c1. The molecular weight excluding hydrogens is 260 g/mol. The first-order valence-corrected chi connectivity index (χ1v) is 7.21. The number of nitrogens with zero attached hydrogens (tertiary/aromatic N) is 2. The second kappa shape index (κ2) is 5.01. The Hall–Kier alpha value is -2.13. The molecular formula is C18H20N2O. The largest absolute Gasteiger partial charge is 0.387 e. The molecule has 21 heavy (non-hydrogen) atoms. The Morgan fingerprint density at radius 2 is 1.76 bits per heavy atom. The first-order chi connectivity index (χ1) is 9.97. The lowest BCUT2D eigenvalue weighted by molar-refractivity contribution is 0.194. The number of aromatic nitrogens is 2. The fourth-order valence-corrected chi connectivity index (χ4v) is 2.85. The summed E-state index contributed by atoms with van der Waals surface area (Å²) in [7, 11) is 0. The Kier molecular flexibility index (Phi) is 3.30. The van der Waals surface area contributed by atoms with Crippen LogP contribution in [0.1, 0.15) is 35.4 Å². The highest BCUT2D eigenvalue weighted by molar-refractivity contribution is 5.70. The summed E-state index contributed by atoms with van der Waals surface area (Å²) in [5.74, 6) is 0. The van der Waals surface area contributed by atoms with Gasteiger partial charge in [0.2, 0.25) is 0 Å². The van der Waals surface area contributed by atoms with Crippen molar-refractivity contribution in [3.8, 4) is 11.3 Å². The lowest BCUT2D eigenvalue weighted by Gasteiger charge is -2.10. The van der Waals surface area contributed by atoms with E-state index in [1.165, 1.54) is 11.1 Å². The molecule has 3 rings (SSSR count). The molecule has 0 radical (unpaired) electrons. The molecule has 0 aliphatic rings. The minimum Gasteiger partial charge on any atom is -0.387 e. The second-order valence-corrected chi connectivity index (χ2v) is 5.77. The number of benzene rings is 1. The highest BCUT2D eigenvalue weighted by atomic mass is 16.3. The van der Waals surface area contributed by atoms with Gasteiger partial charge in [0.15, 0.2) is 0 Å². The minimum absolute atomic E-state index is 0.572. The van der Waals surface area contributed by atoms with Crippen LogP contribution >= 0.6 is 0 Å². The van der Waals surface area contributed by atoms with Crippen LogP contribution in [0.25, 0.3) is 16.9 Å². The van der Waals surface area contributed by atoms with E-state index in [0.717, 1.165) is 28.2 Å². The maximum Gasteiger partial charge on any atom is 0.137 e. The first kappa shape index (κ1) is 13.8. The summed E-state index contributed by atoms with van der Waals surface area (Å²) in [6.45, 7) is 8.00. The Bertz CT molecular complexity index is 815. The van der Waals surface area contributed by atoms with Gasteiger partial charge in [-0.25, -0.2) is 4.98 Å². The van der Waals surface area contributed by atoms with E-state index in [0.29, 0.717) is 0 Å². The molecule has 0 amide bonds. The van der Waals surface area contributed by atoms with E-state index in [-0.39, 0.29) is 0 Å². The monoisotopic (exact) mass is 280 g/mol. The van der Waals surface area contributed by atoms with E-state index in [9.17, 15) is 5.11 Å². The molecule has 3 nitrogen and oxygen atoms in total. The molecule has 2 heterocycles. The number of hydrogen-bond donors (Lipinski definition) is 1. The van der Waals surface area contributed by atoms with Gasteiger partial charge in [-0.05, 0) is 44.9 Å². The van der Waals surface area contributed by atoms with E-state index in [4.69, 9.17) is 4.98 Å². The zero-order chi connectivity index (χ0) is 15.1. The van der Waals surface area contributed by atoms with Crippen LogP contribution in [0.2, 0.25) is 0 Å². The van der Waals surface area contributed by atoms with E-state index < -0.39 is 6.10 Å². The highest BCUT2D eigenvalue weighted by Gasteiger charge is 2.19. The molecule has 108 valence electrons. The van der Waals surface area contributed by atoms with Crippen molar-refractivity contribution in [1.29, 1.82) is 0 Å². The van der Waals surface area contributed by atoms with E-state index in [1.54, 1.807) is 6.92 Å². The van der Waals surface area contributed by atoms with Crippen molar-refractivity contribution in [3.05, 3.63) is 58.9 Å². The van der Waals surface area contributed by atoms with Crippen molar-refractivity contribution in [2.24, 2.45) is 0 Å². The quantitative estimate of drug-likeness (QED) is 0.771. The van der Waals surface area contributed by atoms with Gasteiger partial charge in [-0.15, -0.1) is 0 Å². The Morgan fingerprint density at radius 3 is 2.43 bits per heavy atom. The second-order valence-electron chi connectivity index (χ2n) is 5.77. The van der Waals surface area contributed by atoms with Crippen LogP contribution in [0.15, 0.2) is 36.5 Å². The fraction of sp³-hybridized carbons (Fsp3) is 0.278. The van der Waals surface area contributed by atoms with Gasteiger partial charge in [-0.2, -0.15) is 0 Å². The molecule has 2 aromatic heterocycles. The normalized spacial score (nSPS) is 12.8. The molecule has 0 aliphatic heterocycles. The number of aliphatic hydroxyl groups excluding tert-OH is 1. The number of pyridine rings is 1. The van der Waals surface area contributed by atoms with Gasteiger partial charge in [0.25, 0.3) is 0 Å². The third-order valence-corrected chi connectivity index (χ3v) is 3.84. The molecule has 0 saturated heterocycles. The third-order valence-electron chi connectivity index (χ3n) is 3.84. The lowest BCUT2D eigenvalue weighted by Crippen LogP contribution is -2.00. The van der Waals surface area contributed by atoms with Crippen LogP contribution in [-0.2, 0) is 0 Å². The Morgan fingerprint density at radius 1 is 1.05 bits per heavy atom. The molecule has 1 aromatic carbocycles. The van der Waals surface area contributed by atoms with E-state index >= 15 is 0 Å². The van der Waals surface area contributed by atoms with Crippen LogP contribution in [0.3, 0.4) is 0 Å². The average Bonchev–Trinajstić information content (AvgIpc) is 2.76. The molecule has 0 saturated carbocycles. The molecule has 1 N–H and O–H groups in total. The first-order valence-electron chi connectivity index (χ1n) is 7.21. The molecule has 0 spiro atoms. The van der Waals surface area contributed by atoms with Crippen molar-refractivity contribution in [3.63, 3.8) is 0 Å². The van der Waals surface area contributed by atoms with E-state index in [2.05, 4.69) is 32.0 Å². The zero-order valence-electron chi connectivity index (χ0n) is 12.9. The average molecular weight is 280 g/mol. The van der Waals surface area contributed by atoms with Crippen molar-refractivity contribution in [2.75, 3.05) is 0 Å². The Balaban J connectivity index is 2.34. The number of imidazole rings is 1. The van der Waals surface area contributed by atoms with Gasteiger partial charge in [-0.1, -0.05) is 29.8 Å². The van der Waals surface area contributed by atoms with Gasteiger partial charge in [-0.3, -0.25) is 0 Å². The number of hydrogen-bond acceptors (Lipinski definition) is 2. The molecule has 3 aromatic rings. The fourth-order valence-electron chi connectivity index (χ4n) is 2.85. The maximum atomic E-state index is 10.2. The molecule has 0 fully saturated rings. The van der Waals surface area contributed by atoms with Gasteiger partial charge in [0.1, 0.15) is 5.65 Å². The van der Waals surface area contributed by atoms with Gasteiger partial charge < -0.3 is 9.51 Å². The summed E-state index contributed by atoms with van der Waals surface area (Å²) >= 11 is 0. The van der Waals surface area contributed by atoms with Gasteiger partial charge in [0.05, 0.1) is 17.5 Å². The zero-order valence-corrected chi connectivity index (χ0v) is 12.9. The summed E-state index contributed by atoms with van der Waals surface area (Å²) < 4.78 is 1.99. The Labute approximate surface area is 124 Å². The number of aryl methyl sites for hydroxylation is 3. The van der Waals surface area contributed by atoms with Crippen LogP contribution in [0.5, 0.6) is 0 Å². The molecule has 3 heteroatoms. The topological polar surface area (TPSA) is 37.5 Å². The molecule has 1 unspecified atom stereocenters. The number of aliphatic hydroxyl groups is 1. The number of fused-ring (bicyclic) bond motifs is 1. The van der Waals surface area contributed by atoms with Crippen molar-refractivity contribution in [2.45, 2.75) is 33.8 Å². The van der Waals surface area contributed by atoms with Gasteiger partial charge >= 0.3 is 0 Å². The van der Waals surface area contributed by atoms with Crippen LogP contribution < -0.4 is 0 Å². The minimum atomic E-state index is -0.572. The van der Waals surface area contributed by atoms with Crippen LogP contribution in [0, 0.1) is 20.8 Å². The van der Waals surface area contributed by atoms with Crippen LogP contribution in [-0.4, -0.2) is 14.5 Å². The summed E-state index contributed by atoms with van der Waals surface area (Å²) in [6.07, 6.45) is 1.45. The molecule has 1 atom stereocenters. The predicted octanol–water partition coefficient (Wildman–Crippen LogP) is 3.98. The lowest BCUT2D eigenvalue weighted by atomic mass is 10.0. The third kappa shape index (κ3) is 2.34. The maximum absolute atomic E-state index is 10.2. The summed E-state index contributed by atoms with van der Waals surface area (Å²) in [5.41, 5.74) is 7.22. The molecule has 0 bridgehead atoms. The number of rotatable bonds is 2. The highest BCUT2D eigenvalue weighted by Crippen LogP contribution is 2.31. The molecule has 0 aliphatic carbocycles. The van der Waals surface area contributed by atoms with Crippen molar-refractivity contribution in [1.82, 2.24) is 9.38 Å². The van der Waals surface area contributed by atoms with Crippen LogP contribution in [0.4, 0.5) is 0 Å². The van der Waals surface area contributed by atoms with Crippen molar-refractivity contribution < 1.29 is 5.11 Å². The summed E-state index contributed by atoms with van der Waals surface area (Å²) in [6, 6.07) is 10.4. The predicted molar refractivity (Wildman–Crippen MR) is 85.5 cm³/mol. The van der Waals surface area contributed by atoms with E-state index in [1.807, 2.05) is 29.7 Å². The summed E-state index contributed by atoms with van der Waals surface area (Å²) in [4.78, 5) is 4.74. The van der Waals surface area contributed by atoms with Crippen molar-refractivity contribution >= 4 is 5.65 Å². The standard InChI is InChI=1S/C18H20N2O/c1-11-5-7-15(13(3)9-11)17-18(14(4)21)20-10-12(2)6-8-16(20)19-17/h5-10,14,21H,1-4H3.